The second-order valence-corrected chi connectivity index (χ2v) is 3.99. The maximum absolute atomic E-state index is 13.4. The second kappa shape index (κ2) is 5.14. The minimum absolute atomic E-state index is 0.0842. The molecular weight excluding hydrogens is 241 g/mol. The van der Waals surface area contributed by atoms with Crippen molar-refractivity contribution in [3.8, 4) is 0 Å². The molecule has 1 saturated heterocycles. The molecule has 6 heteroatoms. The lowest BCUT2D eigenvalue weighted by atomic mass is 10.1. The van der Waals surface area contributed by atoms with Gasteiger partial charge in [-0.25, -0.2) is 9.18 Å². The third-order valence-electron chi connectivity index (χ3n) is 2.69. The van der Waals surface area contributed by atoms with E-state index in [0.29, 0.717) is 13.0 Å². The summed E-state index contributed by atoms with van der Waals surface area (Å²) in [5.41, 5.74) is -0.227. The van der Waals surface area contributed by atoms with Crippen LogP contribution in [0.4, 0.5) is 10.1 Å². The molecule has 2 rings (SSSR count). The number of amides is 1. The van der Waals surface area contributed by atoms with Gasteiger partial charge in [0, 0.05) is 6.61 Å². The lowest BCUT2D eigenvalue weighted by Crippen LogP contribution is -2.27. The van der Waals surface area contributed by atoms with E-state index >= 15 is 0 Å². The third-order valence-corrected chi connectivity index (χ3v) is 2.69. The number of halogens is 1. The van der Waals surface area contributed by atoms with Crippen LogP contribution in [-0.2, 0) is 9.53 Å². The molecule has 18 heavy (non-hydrogen) atoms. The van der Waals surface area contributed by atoms with Gasteiger partial charge in [0.25, 0.3) is 5.91 Å². The topological polar surface area (TPSA) is 75.6 Å². The molecule has 1 heterocycles. The Labute approximate surface area is 103 Å². The van der Waals surface area contributed by atoms with Crippen molar-refractivity contribution >= 4 is 17.6 Å². The van der Waals surface area contributed by atoms with Gasteiger partial charge in [0.15, 0.2) is 0 Å². The zero-order chi connectivity index (χ0) is 13.1. The van der Waals surface area contributed by atoms with Crippen LogP contribution in [0.2, 0.25) is 0 Å². The van der Waals surface area contributed by atoms with Crippen LogP contribution in [0, 0.1) is 5.82 Å². The Kier molecular flexibility index (Phi) is 3.57. The van der Waals surface area contributed by atoms with Crippen molar-refractivity contribution < 1.29 is 23.8 Å². The number of anilines is 1. The first-order valence-corrected chi connectivity index (χ1v) is 5.53. The van der Waals surface area contributed by atoms with E-state index in [1.165, 1.54) is 0 Å². The van der Waals surface area contributed by atoms with Gasteiger partial charge in [-0.1, -0.05) is 0 Å². The highest BCUT2D eigenvalue weighted by atomic mass is 19.1. The largest absolute Gasteiger partial charge is 0.478 e. The van der Waals surface area contributed by atoms with Gasteiger partial charge in [-0.2, -0.15) is 0 Å². The van der Waals surface area contributed by atoms with Gasteiger partial charge in [0.05, 0.1) is 11.3 Å². The Balaban J connectivity index is 2.14. The van der Waals surface area contributed by atoms with Gasteiger partial charge in [0.2, 0.25) is 0 Å². The smallest absolute Gasteiger partial charge is 0.335 e. The van der Waals surface area contributed by atoms with Crippen molar-refractivity contribution in [2.45, 2.75) is 18.9 Å². The number of rotatable bonds is 3. The van der Waals surface area contributed by atoms with Crippen molar-refractivity contribution in [2.75, 3.05) is 11.9 Å². The summed E-state index contributed by atoms with van der Waals surface area (Å²) in [5, 5.41) is 11.1. The predicted octanol–water partition coefficient (Wildman–Crippen LogP) is 1.64. The molecule has 1 aliphatic rings. The highest BCUT2D eigenvalue weighted by Crippen LogP contribution is 2.19. The van der Waals surface area contributed by atoms with Crippen molar-refractivity contribution in [3.63, 3.8) is 0 Å². The number of carboxylic acids is 1. The number of carbonyl (C=O) groups excluding carboxylic acids is 1. The average Bonchev–Trinajstić information content (AvgIpc) is 2.85. The molecule has 0 bridgehead atoms. The summed E-state index contributed by atoms with van der Waals surface area (Å²) in [7, 11) is 0. The molecule has 0 aromatic heterocycles. The number of benzene rings is 1. The standard InChI is InChI=1S/C12H12FNO4/c13-8-4-3-7(12(16)17)6-9(8)14-11(15)10-2-1-5-18-10/h3-4,6,10H,1-2,5H2,(H,14,15)(H,16,17)/t10-/m0/s1. The minimum Gasteiger partial charge on any atom is -0.478 e. The van der Waals surface area contributed by atoms with Gasteiger partial charge < -0.3 is 15.2 Å². The van der Waals surface area contributed by atoms with E-state index in [9.17, 15) is 14.0 Å². The van der Waals surface area contributed by atoms with Crippen molar-refractivity contribution in [2.24, 2.45) is 0 Å². The summed E-state index contributed by atoms with van der Waals surface area (Å²) in [6, 6.07) is 3.23. The Morgan fingerprint density at radius 3 is 2.83 bits per heavy atom. The Morgan fingerprint density at radius 2 is 2.22 bits per heavy atom. The maximum Gasteiger partial charge on any atom is 0.335 e. The number of hydrogen-bond acceptors (Lipinski definition) is 3. The highest BCUT2D eigenvalue weighted by Gasteiger charge is 2.24. The highest BCUT2D eigenvalue weighted by molar-refractivity contribution is 5.96. The van der Waals surface area contributed by atoms with Crippen LogP contribution in [0.25, 0.3) is 0 Å². The molecule has 5 nitrogen and oxygen atoms in total. The van der Waals surface area contributed by atoms with Gasteiger partial charge in [-0.15, -0.1) is 0 Å². The zero-order valence-corrected chi connectivity index (χ0v) is 9.48. The molecule has 1 fully saturated rings. The lowest BCUT2D eigenvalue weighted by Gasteiger charge is -2.11. The molecule has 1 aliphatic heterocycles. The number of ether oxygens (including phenoxy) is 1. The third kappa shape index (κ3) is 2.65. The average molecular weight is 253 g/mol. The first kappa shape index (κ1) is 12.5. The van der Waals surface area contributed by atoms with E-state index in [1.807, 2.05) is 0 Å². The van der Waals surface area contributed by atoms with E-state index in [0.717, 1.165) is 24.6 Å². The van der Waals surface area contributed by atoms with Crippen molar-refractivity contribution in [3.05, 3.63) is 29.6 Å². The number of aromatic carboxylic acids is 1. The molecule has 0 spiro atoms. The van der Waals surface area contributed by atoms with E-state index in [-0.39, 0.29) is 11.3 Å². The van der Waals surface area contributed by atoms with Crippen LogP contribution in [0.3, 0.4) is 0 Å². The molecule has 0 radical (unpaired) electrons. The predicted molar refractivity (Wildman–Crippen MR) is 61.0 cm³/mol. The molecule has 0 aliphatic carbocycles. The normalized spacial score (nSPS) is 18.6. The fourth-order valence-corrected chi connectivity index (χ4v) is 1.75. The van der Waals surface area contributed by atoms with Crippen LogP contribution in [0.1, 0.15) is 23.2 Å². The van der Waals surface area contributed by atoms with E-state index < -0.39 is 23.8 Å². The van der Waals surface area contributed by atoms with Gasteiger partial charge >= 0.3 is 5.97 Å². The molecular formula is C12H12FNO4. The summed E-state index contributed by atoms with van der Waals surface area (Å²) in [5.74, 6) is -2.30. The monoisotopic (exact) mass is 253 g/mol. The summed E-state index contributed by atoms with van der Waals surface area (Å²) < 4.78 is 18.6. The SMILES string of the molecule is O=C(O)c1ccc(F)c(NC(=O)[C@@H]2CCCO2)c1. The van der Waals surface area contributed by atoms with E-state index in [2.05, 4.69) is 5.32 Å². The number of hydrogen-bond donors (Lipinski definition) is 2. The van der Waals surface area contributed by atoms with E-state index in [4.69, 9.17) is 9.84 Å². The number of carboxylic acid groups (broad SMARTS) is 1. The van der Waals surface area contributed by atoms with Gasteiger partial charge in [0.1, 0.15) is 11.9 Å². The van der Waals surface area contributed by atoms with Crippen LogP contribution in [0.15, 0.2) is 18.2 Å². The summed E-state index contributed by atoms with van der Waals surface area (Å²) >= 11 is 0. The summed E-state index contributed by atoms with van der Waals surface area (Å²) in [4.78, 5) is 22.4. The molecule has 2 N–H and O–H groups in total. The second-order valence-electron chi connectivity index (χ2n) is 3.99. The van der Waals surface area contributed by atoms with Crippen molar-refractivity contribution in [1.29, 1.82) is 0 Å². The minimum atomic E-state index is -1.18. The molecule has 1 amide bonds. The number of nitrogens with one attached hydrogen (secondary N) is 1. The van der Waals surface area contributed by atoms with Crippen LogP contribution < -0.4 is 5.32 Å². The Bertz CT molecular complexity index is 483. The molecule has 1 aromatic carbocycles. The number of carbonyl (C=O) groups is 2. The zero-order valence-electron chi connectivity index (χ0n) is 9.48. The molecule has 0 unspecified atom stereocenters. The van der Waals surface area contributed by atoms with Gasteiger partial charge in [-0.05, 0) is 31.0 Å². The van der Waals surface area contributed by atoms with Gasteiger partial charge in [-0.3, -0.25) is 4.79 Å². The van der Waals surface area contributed by atoms with E-state index in [1.54, 1.807) is 0 Å². The molecule has 1 aromatic rings. The quantitative estimate of drug-likeness (QED) is 0.858. The fourth-order valence-electron chi connectivity index (χ4n) is 1.75. The Morgan fingerprint density at radius 1 is 1.44 bits per heavy atom. The molecule has 1 atom stereocenters. The molecule has 96 valence electrons. The first-order valence-electron chi connectivity index (χ1n) is 5.53. The summed E-state index contributed by atoms with van der Waals surface area (Å²) in [6.45, 7) is 0.510. The van der Waals surface area contributed by atoms with Crippen LogP contribution >= 0.6 is 0 Å². The van der Waals surface area contributed by atoms with Crippen molar-refractivity contribution in [1.82, 2.24) is 0 Å². The van der Waals surface area contributed by atoms with Crippen LogP contribution in [0.5, 0.6) is 0 Å². The first-order chi connectivity index (χ1) is 8.58. The molecule has 0 saturated carbocycles. The Hall–Kier alpha value is -1.95. The fraction of sp³-hybridized carbons (Fsp3) is 0.333. The van der Waals surface area contributed by atoms with Crippen LogP contribution in [-0.4, -0.2) is 29.7 Å². The lowest BCUT2D eigenvalue weighted by molar-refractivity contribution is -0.124. The maximum atomic E-state index is 13.4. The summed E-state index contributed by atoms with van der Waals surface area (Å²) in [6.07, 6.45) is 0.792.